The van der Waals surface area contributed by atoms with Crippen molar-refractivity contribution < 1.29 is 8.42 Å². The second-order valence-corrected chi connectivity index (χ2v) is 6.20. The zero-order valence-corrected chi connectivity index (χ0v) is 12.5. The summed E-state index contributed by atoms with van der Waals surface area (Å²) in [5.74, 6) is 0. The van der Waals surface area contributed by atoms with Gasteiger partial charge in [-0.15, -0.1) is 5.10 Å². The summed E-state index contributed by atoms with van der Waals surface area (Å²) in [6.07, 6.45) is 2.51. The summed E-state index contributed by atoms with van der Waals surface area (Å²) in [6.45, 7) is 3.98. The van der Waals surface area contributed by atoms with E-state index in [1.54, 1.807) is 7.05 Å². The molecule has 0 saturated carbocycles. The van der Waals surface area contributed by atoms with Crippen molar-refractivity contribution in [3.63, 3.8) is 0 Å². The maximum atomic E-state index is 12.1. The molecule has 0 amide bonds. The van der Waals surface area contributed by atoms with Crippen LogP contribution in [0, 0.1) is 0 Å². The van der Waals surface area contributed by atoms with Crippen LogP contribution in [0.4, 0.5) is 0 Å². The van der Waals surface area contributed by atoms with E-state index in [0.717, 1.165) is 19.3 Å². The molecule has 1 unspecified atom stereocenters. The number of aryl methyl sites for hydroxylation is 1. The van der Waals surface area contributed by atoms with E-state index in [1.807, 2.05) is 13.8 Å². The molecule has 1 N–H and O–H groups in total. The molecule has 6 nitrogen and oxygen atoms in total. The highest BCUT2D eigenvalue weighted by Gasteiger charge is 2.25. The Balaban J connectivity index is 2.96. The molecule has 98 valence electrons. The van der Waals surface area contributed by atoms with Crippen molar-refractivity contribution in [1.29, 1.82) is 0 Å². The summed E-state index contributed by atoms with van der Waals surface area (Å²) < 4.78 is 28.4. The van der Waals surface area contributed by atoms with Crippen LogP contribution in [0.2, 0.25) is 0 Å². The molecule has 0 radical (unpaired) electrons. The first-order valence-corrected chi connectivity index (χ1v) is 7.77. The van der Waals surface area contributed by atoms with E-state index in [1.165, 1.54) is 4.68 Å². The van der Waals surface area contributed by atoms with E-state index >= 15 is 0 Å². The Bertz CT molecular complexity index is 452. The minimum Gasteiger partial charge on any atom is -0.235 e. The van der Waals surface area contributed by atoms with Gasteiger partial charge < -0.3 is 0 Å². The summed E-state index contributed by atoms with van der Waals surface area (Å²) >= 11 is 3.09. The molecule has 8 heteroatoms. The van der Waals surface area contributed by atoms with Crippen molar-refractivity contribution in [2.75, 3.05) is 0 Å². The topological polar surface area (TPSA) is 76.9 Å². The molecule has 0 aromatic carbocycles. The van der Waals surface area contributed by atoms with Crippen LogP contribution in [0.5, 0.6) is 0 Å². The first-order chi connectivity index (χ1) is 7.92. The number of hydrogen-bond acceptors (Lipinski definition) is 4. The van der Waals surface area contributed by atoms with Gasteiger partial charge in [0.25, 0.3) is 10.0 Å². The predicted molar refractivity (Wildman–Crippen MR) is 68.0 cm³/mol. The van der Waals surface area contributed by atoms with Crippen molar-refractivity contribution in [2.24, 2.45) is 7.05 Å². The smallest absolute Gasteiger partial charge is 0.235 e. The molecule has 0 fully saturated rings. The van der Waals surface area contributed by atoms with Gasteiger partial charge in [0.1, 0.15) is 0 Å². The Kier molecular flexibility index (Phi) is 5.08. The lowest BCUT2D eigenvalue weighted by molar-refractivity contribution is 0.504. The third-order valence-electron chi connectivity index (χ3n) is 2.44. The molecule has 0 aliphatic rings. The molecule has 1 aromatic heterocycles. The molecular formula is C9H17BrN4O2S. The van der Waals surface area contributed by atoms with Gasteiger partial charge in [-0.2, -0.15) is 0 Å². The lowest BCUT2D eigenvalue weighted by Crippen LogP contribution is -2.35. The third kappa shape index (κ3) is 3.49. The number of sulfonamides is 1. The molecule has 1 rings (SSSR count). The normalized spacial score (nSPS) is 13.9. The van der Waals surface area contributed by atoms with Crippen LogP contribution in [0.15, 0.2) is 9.63 Å². The monoisotopic (exact) mass is 324 g/mol. The van der Waals surface area contributed by atoms with Gasteiger partial charge >= 0.3 is 0 Å². The molecule has 1 heterocycles. The Hall–Kier alpha value is -0.470. The predicted octanol–water partition coefficient (Wildman–Crippen LogP) is 1.43. The fourth-order valence-corrected chi connectivity index (χ4v) is 4.03. The average molecular weight is 325 g/mol. The highest BCUT2D eigenvalue weighted by atomic mass is 79.9. The van der Waals surface area contributed by atoms with Crippen molar-refractivity contribution >= 4 is 26.0 Å². The highest BCUT2D eigenvalue weighted by molar-refractivity contribution is 9.10. The van der Waals surface area contributed by atoms with Gasteiger partial charge in [0, 0.05) is 13.1 Å². The molecule has 0 bridgehead atoms. The van der Waals surface area contributed by atoms with E-state index in [9.17, 15) is 8.42 Å². The largest absolute Gasteiger partial charge is 0.260 e. The number of halogens is 1. The van der Waals surface area contributed by atoms with Crippen LogP contribution in [0.25, 0.3) is 0 Å². The first kappa shape index (κ1) is 14.6. The van der Waals surface area contributed by atoms with Gasteiger partial charge in [-0.3, -0.25) is 0 Å². The summed E-state index contributed by atoms with van der Waals surface area (Å²) in [4.78, 5) is 0. The Labute approximate surface area is 110 Å². The van der Waals surface area contributed by atoms with E-state index in [-0.39, 0.29) is 15.7 Å². The summed E-state index contributed by atoms with van der Waals surface area (Å²) in [5, 5.41) is 7.40. The van der Waals surface area contributed by atoms with Gasteiger partial charge in [-0.05, 0) is 28.8 Å². The van der Waals surface area contributed by atoms with E-state index < -0.39 is 10.0 Å². The number of rotatable bonds is 6. The zero-order valence-electron chi connectivity index (χ0n) is 10.1. The second-order valence-electron chi connectivity index (χ2n) is 3.82. The molecular weight excluding hydrogens is 308 g/mol. The highest BCUT2D eigenvalue weighted by Crippen LogP contribution is 2.18. The standard InChI is InChI=1S/C9H17BrN4O2S/c1-4-6-7(5-2)12-17(15,16)9-8(10)11-13-14(9)3/h7,12H,4-6H2,1-3H3. The van der Waals surface area contributed by atoms with Crippen LogP contribution >= 0.6 is 15.9 Å². The molecule has 17 heavy (non-hydrogen) atoms. The van der Waals surface area contributed by atoms with Gasteiger partial charge in [0.2, 0.25) is 5.03 Å². The molecule has 0 spiro atoms. The van der Waals surface area contributed by atoms with E-state index in [0.29, 0.717) is 0 Å². The van der Waals surface area contributed by atoms with Gasteiger partial charge in [0.05, 0.1) is 0 Å². The fourth-order valence-electron chi connectivity index (χ4n) is 1.58. The van der Waals surface area contributed by atoms with Crippen molar-refractivity contribution in [3.05, 3.63) is 4.60 Å². The SMILES string of the molecule is CCCC(CC)NS(=O)(=O)c1c(Br)nnn1C. The fraction of sp³-hybridized carbons (Fsp3) is 0.778. The number of hydrogen-bond donors (Lipinski definition) is 1. The first-order valence-electron chi connectivity index (χ1n) is 5.49. The summed E-state index contributed by atoms with van der Waals surface area (Å²) in [7, 11) is -2.02. The zero-order chi connectivity index (χ0) is 13.1. The van der Waals surface area contributed by atoms with Crippen LogP contribution < -0.4 is 4.72 Å². The molecule has 0 aliphatic carbocycles. The molecule has 1 atom stereocenters. The minimum absolute atomic E-state index is 0.0493. The lowest BCUT2D eigenvalue weighted by Gasteiger charge is -2.15. The van der Waals surface area contributed by atoms with Crippen molar-refractivity contribution in [3.8, 4) is 0 Å². The maximum Gasteiger partial charge on any atom is 0.260 e. The quantitative estimate of drug-likeness (QED) is 0.858. The summed E-state index contributed by atoms with van der Waals surface area (Å²) in [5.41, 5.74) is 0. The van der Waals surface area contributed by atoms with Gasteiger partial charge in [-0.25, -0.2) is 17.8 Å². The van der Waals surface area contributed by atoms with Crippen LogP contribution in [-0.4, -0.2) is 29.5 Å². The number of nitrogens with zero attached hydrogens (tertiary/aromatic N) is 3. The Morgan fingerprint density at radius 2 is 2.12 bits per heavy atom. The number of nitrogens with one attached hydrogen (secondary N) is 1. The van der Waals surface area contributed by atoms with Crippen LogP contribution in [-0.2, 0) is 17.1 Å². The lowest BCUT2D eigenvalue weighted by atomic mass is 10.1. The Morgan fingerprint density at radius 1 is 1.47 bits per heavy atom. The van der Waals surface area contributed by atoms with E-state index in [2.05, 4.69) is 31.0 Å². The van der Waals surface area contributed by atoms with Crippen LogP contribution in [0.3, 0.4) is 0 Å². The maximum absolute atomic E-state index is 12.1. The Morgan fingerprint density at radius 3 is 2.53 bits per heavy atom. The number of aromatic nitrogens is 3. The average Bonchev–Trinajstić information content (AvgIpc) is 2.58. The van der Waals surface area contributed by atoms with Crippen molar-refractivity contribution in [2.45, 2.75) is 44.2 Å². The van der Waals surface area contributed by atoms with E-state index in [4.69, 9.17) is 0 Å². The molecule has 0 aliphatic heterocycles. The molecule has 0 saturated heterocycles. The minimum atomic E-state index is -3.57. The summed E-state index contributed by atoms with van der Waals surface area (Å²) in [6, 6.07) is -0.0493. The van der Waals surface area contributed by atoms with Crippen molar-refractivity contribution in [1.82, 2.24) is 19.7 Å². The van der Waals surface area contributed by atoms with Gasteiger partial charge in [-0.1, -0.05) is 25.5 Å². The van der Waals surface area contributed by atoms with Gasteiger partial charge in [0.15, 0.2) is 4.60 Å². The van der Waals surface area contributed by atoms with Crippen LogP contribution in [0.1, 0.15) is 33.1 Å². The molecule has 1 aromatic rings. The third-order valence-corrected chi connectivity index (χ3v) is 4.85. The second kappa shape index (κ2) is 5.92.